The van der Waals surface area contributed by atoms with Gasteiger partial charge in [-0.05, 0) is 36.9 Å². The second kappa shape index (κ2) is 8.10. The van der Waals surface area contributed by atoms with Gasteiger partial charge in [0.05, 0.1) is 0 Å². The monoisotopic (exact) mass is 414 g/mol. The van der Waals surface area contributed by atoms with Gasteiger partial charge in [-0.2, -0.15) is 4.31 Å². The van der Waals surface area contributed by atoms with E-state index in [0.29, 0.717) is 35.5 Å². The molecule has 0 atom stereocenters. The molecule has 2 aromatic rings. The maximum absolute atomic E-state index is 12.7. The number of rotatable bonds is 5. The number of hydrogen-bond donors (Lipinski definition) is 1. The topological polar surface area (TPSA) is 65.5 Å². The molecular weight excluding hydrogens is 395 g/mol. The highest BCUT2D eigenvalue weighted by Gasteiger charge is 2.27. The van der Waals surface area contributed by atoms with Crippen molar-refractivity contribution in [1.82, 2.24) is 14.2 Å². The highest BCUT2D eigenvalue weighted by atomic mass is 35.5. The lowest BCUT2D eigenvalue weighted by Gasteiger charge is -2.31. The first-order chi connectivity index (χ1) is 12.4. The highest BCUT2D eigenvalue weighted by molar-refractivity contribution is 7.89. The van der Waals surface area contributed by atoms with Crippen LogP contribution in [-0.2, 0) is 16.6 Å². The van der Waals surface area contributed by atoms with Crippen molar-refractivity contribution >= 4 is 39.0 Å². The van der Waals surface area contributed by atoms with E-state index in [0.717, 1.165) is 18.7 Å². The maximum atomic E-state index is 12.7. The van der Waals surface area contributed by atoms with Crippen LogP contribution in [0.2, 0.25) is 10.0 Å². The molecule has 6 nitrogen and oxygen atoms in total. The molecule has 0 bridgehead atoms. The van der Waals surface area contributed by atoms with E-state index in [1.54, 1.807) is 24.3 Å². The summed E-state index contributed by atoms with van der Waals surface area (Å²) < 4.78 is 26.9. The summed E-state index contributed by atoms with van der Waals surface area (Å²) in [5, 5.41) is 4.28. The summed E-state index contributed by atoms with van der Waals surface area (Å²) in [6.07, 6.45) is 1.39. The van der Waals surface area contributed by atoms with E-state index in [2.05, 4.69) is 15.2 Å². The van der Waals surface area contributed by atoms with Crippen LogP contribution in [0.4, 0.5) is 5.82 Å². The van der Waals surface area contributed by atoms with Crippen molar-refractivity contribution in [2.45, 2.75) is 11.4 Å². The minimum atomic E-state index is -3.50. The van der Waals surface area contributed by atoms with Crippen LogP contribution in [0, 0.1) is 0 Å². The number of likely N-dealkylation sites (N-methyl/N-ethyl adjacent to an activating group) is 1. The Bertz CT molecular complexity index is 867. The molecule has 0 unspecified atom stereocenters. The fourth-order valence-electron chi connectivity index (χ4n) is 2.67. The summed E-state index contributed by atoms with van der Waals surface area (Å²) in [5.41, 5.74) is 0.881. The van der Waals surface area contributed by atoms with Crippen LogP contribution in [0.25, 0.3) is 0 Å². The highest BCUT2D eigenvalue weighted by Crippen LogP contribution is 2.22. The molecule has 0 radical (unpaired) electrons. The summed E-state index contributed by atoms with van der Waals surface area (Å²) in [4.78, 5) is 6.54. The Hall–Kier alpha value is -1.38. The van der Waals surface area contributed by atoms with E-state index in [4.69, 9.17) is 23.2 Å². The molecule has 1 N–H and O–H groups in total. The number of nitrogens with zero attached hydrogens (tertiary/aromatic N) is 3. The van der Waals surface area contributed by atoms with Crippen molar-refractivity contribution < 1.29 is 8.42 Å². The summed E-state index contributed by atoms with van der Waals surface area (Å²) in [7, 11) is -1.52. The first kappa shape index (κ1) is 19.4. The minimum Gasteiger partial charge on any atom is -0.366 e. The number of benzene rings is 1. The van der Waals surface area contributed by atoms with Gasteiger partial charge in [-0.15, -0.1) is 0 Å². The van der Waals surface area contributed by atoms with Gasteiger partial charge >= 0.3 is 0 Å². The third kappa shape index (κ3) is 4.47. The third-order valence-corrected chi connectivity index (χ3v) is 6.78. The number of hydrogen-bond acceptors (Lipinski definition) is 5. The molecule has 1 aliphatic rings. The second-order valence-electron chi connectivity index (χ2n) is 6.18. The normalized spacial score (nSPS) is 16.6. The van der Waals surface area contributed by atoms with E-state index in [1.807, 2.05) is 13.1 Å². The van der Waals surface area contributed by atoms with E-state index in [-0.39, 0.29) is 4.90 Å². The molecule has 3 rings (SSSR count). The fraction of sp³-hybridized carbons (Fsp3) is 0.353. The summed E-state index contributed by atoms with van der Waals surface area (Å²) in [5.74, 6) is 0.577. The molecule has 0 aliphatic carbocycles. The van der Waals surface area contributed by atoms with E-state index in [1.165, 1.54) is 10.5 Å². The van der Waals surface area contributed by atoms with Crippen LogP contribution < -0.4 is 5.32 Å². The van der Waals surface area contributed by atoms with Gasteiger partial charge in [0, 0.05) is 49.0 Å². The van der Waals surface area contributed by atoms with Crippen LogP contribution in [0.1, 0.15) is 5.56 Å². The molecular formula is C17H20Cl2N4O2S. The van der Waals surface area contributed by atoms with E-state index >= 15 is 0 Å². The first-order valence-electron chi connectivity index (χ1n) is 8.19. The number of nitrogens with one attached hydrogen (secondary N) is 1. The van der Waals surface area contributed by atoms with Gasteiger partial charge in [0.2, 0.25) is 10.0 Å². The maximum Gasteiger partial charge on any atom is 0.244 e. The van der Waals surface area contributed by atoms with Gasteiger partial charge in [-0.25, -0.2) is 13.4 Å². The Balaban J connectivity index is 1.66. The molecule has 9 heteroatoms. The number of aromatic nitrogens is 1. The molecule has 1 fully saturated rings. The van der Waals surface area contributed by atoms with Gasteiger partial charge in [0.25, 0.3) is 0 Å². The molecule has 0 spiro atoms. The van der Waals surface area contributed by atoms with Crippen LogP contribution in [0.5, 0.6) is 0 Å². The van der Waals surface area contributed by atoms with Crippen molar-refractivity contribution in [1.29, 1.82) is 0 Å². The summed E-state index contributed by atoms with van der Waals surface area (Å²) >= 11 is 12.0. The summed E-state index contributed by atoms with van der Waals surface area (Å²) in [6, 6.07) is 8.52. The zero-order chi connectivity index (χ0) is 18.7. The molecule has 1 saturated heterocycles. The molecule has 140 valence electrons. The molecule has 0 saturated carbocycles. The lowest BCUT2D eigenvalue weighted by atomic mass is 10.2. The lowest BCUT2D eigenvalue weighted by Crippen LogP contribution is -2.47. The van der Waals surface area contributed by atoms with Crippen molar-refractivity contribution in [2.24, 2.45) is 0 Å². The second-order valence-corrected chi connectivity index (χ2v) is 8.96. The SMILES string of the molecule is CN1CCN(S(=O)(=O)c2ccc(NCc3ccc(Cl)cc3Cl)nc2)CC1. The van der Waals surface area contributed by atoms with Crippen LogP contribution in [0.15, 0.2) is 41.4 Å². The largest absolute Gasteiger partial charge is 0.366 e. The third-order valence-electron chi connectivity index (χ3n) is 4.31. The molecule has 1 aromatic heterocycles. The zero-order valence-electron chi connectivity index (χ0n) is 14.3. The average molecular weight is 415 g/mol. The van der Waals surface area contributed by atoms with Crippen molar-refractivity contribution in [2.75, 3.05) is 38.5 Å². The van der Waals surface area contributed by atoms with Crippen molar-refractivity contribution in [3.63, 3.8) is 0 Å². The smallest absolute Gasteiger partial charge is 0.244 e. The van der Waals surface area contributed by atoms with Crippen molar-refractivity contribution in [3.8, 4) is 0 Å². The average Bonchev–Trinajstić information content (AvgIpc) is 2.62. The van der Waals surface area contributed by atoms with Gasteiger partial charge in [0.15, 0.2) is 0 Å². The number of pyridine rings is 1. The van der Waals surface area contributed by atoms with Gasteiger partial charge < -0.3 is 10.2 Å². The van der Waals surface area contributed by atoms with E-state index in [9.17, 15) is 8.42 Å². The number of sulfonamides is 1. The zero-order valence-corrected chi connectivity index (χ0v) is 16.7. The predicted molar refractivity (Wildman–Crippen MR) is 104 cm³/mol. The summed E-state index contributed by atoms with van der Waals surface area (Å²) in [6.45, 7) is 2.91. The number of piperazine rings is 1. The predicted octanol–water partition coefficient (Wildman–Crippen LogP) is 2.94. The minimum absolute atomic E-state index is 0.206. The lowest BCUT2D eigenvalue weighted by molar-refractivity contribution is 0.222. The number of anilines is 1. The van der Waals surface area contributed by atoms with Crippen LogP contribution in [-0.4, -0.2) is 55.8 Å². The fourth-order valence-corrected chi connectivity index (χ4v) is 4.51. The number of halogens is 2. The molecule has 26 heavy (non-hydrogen) atoms. The van der Waals surface area contributed by atoms with Gasteiger partial charge in [-0.1, -0.05) is 29.3 Å². The van der Waals surface area contributed by atoms with Gasteiger partial charge in [0.1, 0.15) is 10.7 Å². The Labute approximate surface area is 163 Å². The first-order valence-corrected chi connectivity index (χ1v) is 10.4. The Morgan fingerprint density at radius 1 is 1.12 bits per heavy atom. The molecule has 1 aliphatic heterocycles. The quantitative estimate of drug-likeness (QED) is 0.814. The Morgan fingerprint density at radius 2 is 1.85 bits per heavy atom. The Kier molecular flexibility index (Phi) is 6.04. The Morgan fingerprint density at radius 3 is 2.46 bits per heavy atom. The molecule has 2 heterocycles. The molecule has 1 aromatic carbocycles. The van der Waals surface area contributed by atoms with Gasteiger partial charge in [-0.3, -0.25) is 0 Å². The van der Waals surface area contributed by atoms with Crippen LogP contribution >= 0.6 is 23.2 Å². The van der Waals surface area contributed by atoms with E-state index < -0.39 is 10.0 Å². The standard InChI is InChI=1S/C17H20Cl2N4O2S/c1-22-6-8-23(9-7-22)26(24,25)15-4-5-17(21-12-15)20-11-13-2-3-14(18)10-16(13)19/h2-5,10,12H,6-9,11H2,1H3,(H,20,21). The van der Waals surface area contributed by atoms with Crippen LogP contribution in [0.3, 0.4) is 0 Å². The molecule has 0 amide bonds. The van der Waals surface area contributed by atoms with Crippen molar-refractivity contribution in [3.05, 3.63) is 52.1 Å².